The predicted octanol–water partition coefficient (Wildman–Crippen LogP) is 4.46. The highest BCUT2D eigenvalue weighted by Gasteiger charge is 2.48. The van der Waals surface area contributed by atoms with Crippen molar-refractivity contribution >= 4 is 17.3 Å². The zero-order valence-electron chi connectivity index (χ0n) is 17.9. The summed E-state index contributed by atoms with van der Waals surface area (Å²) in [6.45, 7) is 6.17. The Morgan fingerprint density at radius 2 is 1.43 bits per heavy atom. The molecule has 0 fully saturated rings. The molecule has 4 rings (SSSR count). The van der Waals surface area contributed by atoms with E-state index in [4.69, 9.17) is 4.74 Å². The zero-order valence-corrected chi connectivity index (χ0v) is 17.9. The SMILES string of the molecule is CCN(CC)c1ccc(C2(c3ccc(N(C)C)cc3)OC(=O)c3ccncc32)cc1. The van der Waals surface area contributed by atoms with E-state index in [-0.39, 0.29) is 5.97 Å². The second kappa shape index (κ2) is 7.82. The first kappa shape index (κ1) is 20.0. The predicted molar refractivity (Wildman–Crippen MR) is 120 cm³/mol. The fourth-order valence-electron chi connectivity index (χ4n) is 4.19. The van der Waals surface area contributed by atoms with Crippen LogP contribution in [0.2, 0.25) is 0 Å². The van der Waals surface area contributed by atoms with Crippen LogP contribution in [0.5, 0.6) is 0 Å². The van der Waals surface area contributed by atoms with Gasteiger partial charge >= 0.3 is 5.97 Å². The molecule has 5 nitrogen and oxygen atoms in total. The third kappa shape index (κ3) is 3.11. The minimum atomic E-state index is -1.01. The van der Waals surface area contributed by atoms with Gasteiger partial charge in [0.15, 0.2) is 5.60 Å². The minimum absolute atomic E-state index is 0.322. The number of anilines is 2. The summed E-state index contributed by atoms with van der Waals surface area (Å²) in [5.74, 6) is -0.322. The van der Waals surface area contributed by atoms with Gasteiger partial charge in [-0.3, -0.25) is 4.98 Å². The number of hydrogen-bond donors (Lipinski definition) is 0. The summed E-state index contributed by atoms with van der Waals surface area (Å²) >= 11 is 0. The van der Waals surface area contributed by atoms with Gasteiger partial charge in [-0.25, -0.2) is 4.79 Å². The maximum Gasteiger partial charge on any atom is 0.340 e. The van der Waals surface area contributed by atoms with E-state index in [0.717, 1.165) is 41.2 Å². The molecule has 5 heteroatoms. The van der Waals surface area contributed by atoms with E-state index in [1.54, 1.807) is 18.5 Å². The van der Waals surface area contributed by atoms with Gasteiger partial charge in [0, 0.05) is 67.6 Å². The number of carbonyl (C=O) groups excluding carboxylic acids is 1. The number of rotatable bonds is 6. The van der Waals surface area contributed by atoms with Crippen molar-refractivity contribution in [2.24, 2.45) is 0 Å². The molecule has 0 saturated carbocycles. The van der Waals surface area contributed by atoms with Crippen LogP contribution in [-0.2, 0) is 10.3 Å². The summed E-state index contributed by atoms with van der Waals surface area (Å²) in [6.07, 6.45) is 3.38. The van der Waals surface area contributed by atoms with E-state index in [2.05, 4.69) is 48.0 Å². The van der Waals surface area contributed by atoms with Crippen molar-refractivity contribution in [1.29, 1.82) is 0 Å². The van der Waals surface area contributed by atoms with Gasteiger partial charge in [-0.1, -0.05) is 24.3 Å². The van der Waals surface area contributed by atoms with Crippen LogP contribution >= 0.6 is 0 Å². The van der Waals surface area contributed by atoms with Gasteiger partial charge in [0.05, 0.1) is 5.56 Å². The molecule has 2 heterocycles. The highest BCUT2D eigenvalue weighted by atomic mass is 16.6. The minimum Gasteiger partial charge on any atom is -0.441 e. The Hall–Kier alpha value is -3.34. The first-order valence-electron chi connectivity index (χ1n) is 10.3. The van der Waals surface area contributed by atoms with Crippen LogP contribution in [0.25, 0.3) is 0 Å². The topological polar surface area (TPSA) is 45.7 Å². The molecule has 0 spiro atoms. The van der Waals surface area contributed by atoms with Crippen LogP contribution in [0.1, 0.15) is 40.9 Å². The Morgan fingerprint density at radius 1 is 0.867 bits per heavy atom. The molecular formula is C25H27N3O2. The molecule has 1 aliphatic rings. The zero-order chi connectivity index (χ0) is 21.3. The average molecular weight is 402 g/mol. The van der Waals surface area contributed by atoms with Gasteiger partial charge in [-0.2, -0.15) is 0 Å². The van der Waals surface area contributed by atoms with E-state index >= 15 is 0 Å². The molecular weight excluding hydrogens is 374 g/mol. The van der Waals surface area contributed by atoms with Gasteiger partial charge in [0.1, 0.15) is 0 Å². The largest absolute Gasteiger partial charge is 0.441 e. The van der Waals surface area contributed by atoms with Gasteiger partial charge in [-0.15, -0.1) is 0 Å². The lowest BCUT2D eigenvalue weighted by molar-refractivity contribution is 0.0251. The molecule has 0 saturated heterocycles. The number of fused-ring (bicyclic) bond motifs is 1. The van der Waals surface area contributed by atoms with Crippen molar-refractivity contribution < 1.29 is 9.53 Å². The smallest absolute Gasteiger partial charge is 0.340 e. The second-order valence-corrected chi connectivity index (χ2v) is 7.65. The number of carbonyl (C=O) groups is 1. The lowest BCUT2D eigenvalue weighted by Crippen LogP contribution is -2.30. The van der Waals surface area contributed by atoms with Crippen LogP contribution in [0, 0.1) is 0 Å². The fourth-order valence-corrected chi connectivity index (χ4v) is 4.19. The molecule has 0 bridgehead atoms. The van der Waals surface area contributed by atoms with Crippen molar-refractivity contribution in [3.8, 4) is 0 Å². The first-order chi connectivity index (χ1) is 14.5. The number of pyridine rings is 1. The number of aromatic nitrogens is 1. The molecule has 1 atom stereocenters. The van der Waals surface area contributed by atoms with Crippen LogP contribution in [0.3, 0.4) is 0 Å². The van der Waals surface area contributed by atoms with E-state index in [0.29, 0.717) is 5.56 Å². The summed E-state index contributed by atoms with van der Waals surface area (Å²) in [6, 6.07) is 18.2. The Morgan fingerprint density at radius 3 is 1.97 bits per heavy atom. The number of nitrogens with zero attached hydrogens (tertiary/aromatic N) is 3. The monoisotopic (exact) mass is 401 g/mol. The summed E-state index contributed by atoms with van der Waals surface area (Å²) in [5, 5.41) is 0. The van der Waals surface area contributed by atoms with E-state index in [1.807, 2.05) is 43.3 Å². The Balaban J connectivity index is 1.89. The first-order valence-corrected chi connectivity index (χ1v) is 10.3. The quantitative estimate of drug-likeness (QED) is 0.571. The molecule has 1 aliphatic heterocycles. The molecule has 1 unspecified atom stereocenters. The van der Waals surface area contributed by atoms with E-state index in [1.165, 1.54) is 0 Å². The average Bonchev–Trinajstić information content (AvgIpc) is 3.09. The highest BCUT2D eigenvalue weighted by molar-refractivity contribution is 5.96. The molecule has 0 amide bonds. The second-order valence-electron chi connectivity index (χ2n) is 7.65. The third-order valence-corrected chi connectivity index (χ3v) is 5.86. The summed E-state index contributed by atoms with van der Waals surface area (Å²) in [5.41, 5.74) is 4.39. The Bertz CT molecular complexity index is 1040. The molecule has 0 aliphatic carbocycles. The van der Waals surface area contributed by atoms with E-state index in [9.17, 15) is 4.79 Å². The van der Waals surface area contributed by atoms with Gasteiger partial charge < -0.3 is 14.5 Å². The third-order valence-electron chi connectivity index (χ3n) is 5.86. The van der Waals surface area contributed by atoms with Crippen LogP contribution in [0.4, 0.5) is 11.4 Å². The standard InChI is InChI=1S/C25H27N3O2/c1-5-28(6-2)21-13-9-19(10-14-21)25(18-7-11-20(12-8-18)27(3)4)23-17-26-16-15-22(23)24(29)30-25/h7-17H,5-6H2,1-4H3. The molecule has 2 aromatic carbocycles. The van der Waals surface area contributed by atoms with Crippen molar-refractivity contribution in [1.82, 2.24) is 4.98 Å². The van der Waals surface area contributed by atoms with Crippen molar-refractivity contribution in [3.05, 3.63) is 89.2 Å². The number of ether oxygens (including phenoxy) is 1. The Labute approximate surface area is 177 Å². The lowest BCUT2D eigenvalue weighted by Gasteiger charge is -2.31. The van der Waals surface area contributed by atoms with Gasteiger partial charge in [-0.05, 0) is 44.2 Å². The summed E-state index contributed by atoms with van der Waals surface area (Å²) in [7, 11) is 4.01. The highest BCUT2D eigenvalue weighted by Crippen LogP contribution is 2.47. The molecule has 0 radical (unpaired) electrons. The normalized spacial score (nSPS) is 17.4. The van der Waals surface area contributed by atoms with Crippen molar-refractivity contribution in [2.45, 2.75) is 19.4 Å². The maximum absolute atomic E-state index is 12.8. The van der Waals surface area contributed by atoms with Gasteiger partial charge in [0.2, 0.25) is 0 Å². The number of esters is 1. The van der Waals surface area contributed by atoms with Crippen molar-refractivity contribution in [2.75, 3.05) is 37.0 Å². The number of benzene rings is 2. The number of hydrogen-bond acceptors (Lipinski definition) is 5. The molecule has 3 aromatic rings. The maximum atomic E-state index is 12.8. The van der Waals surface area contributed by atoms with E-state index < -0.39 is 5.60 Å². The summed E-state index contributed by atoms with van der Waals surface area (Å²) < 4.78 is 6.14. The Kier molecular flexibility index (Phi) is 5.20. The molecule has 30 heavy (non-hydrogen) atoms. The van der Waals surface area contributed by atoms with Gasteiger partial charge in [0.25, 0.3) is 0 Å². The van der Waals surface area contributed by atoms with Crippen LogP contribution < -0.4 is 9.80 Å². The molecule has 154 valence electrons. The molecule has 0 N–H and O–H groups in total. The summed E-state index contributed by atoms with van der Waals surface area (Å²) in [4.78, 5) is 21.4. The van der Waals surface area contributed by atoms with Crippen LogP contribution in [0.15, 0.2) is 67.0 Å². The number of cyclic esters (lactones) is 1. The molecule has 1 aromatic heterocycles. The lowest BCUT2D eigenvalue weighted by atomic mass is 9.80. The van der Waals surface area contributed by atoms with Crippen LogP contribution in [-0.4, -0.2) is 38.1 Å². The fraction of sp³-hybridized carbons (Fsp3) is 0.280. The van der Waals surface area contributed by atoms with Crippen molar-refractivity contribution in [3.63, 3.8) is 0 Å².